The molecule has 1 N–H and O–H groups in total. The van der Waals surface area contributed by atoms with Gasteiger partial charge in [0.2, 0.25) is 5.82 Å². The summed E-state index contributed by atoms with van der Waals surface area (Å²) in [7, 11) is 0. The summed E-state index contributed by atoms with van der Waals surface area (Å²) in [4.78, 5) is 23.5. The summed E-state index contributed by atoms with van der Waals surface area (Å²) in [5.74, 6) is -1.40. The maximum absolute atomic E-state index is 11.1. The number of halogens is 1. The van der Waals surface area contributed by atoms with Crippen LogP contribution in [0.5, 0.6) is 0 Å². The second-order valence-electron chi connectivity index (χ2n) is 4.08. The minimum atomic E-state index is -1.16. The van der Waals surface area contributed by atoms with Gasteiger partial charge in [0, 0.05) is 16.1 Å². The molecule has 0 saturated carbocycles. The lowest BCUT2D eigenvalue weighted by molar-refractivity contribution is 0.0684. The Morgan fingerprint density at radius 3 is 2.70 bits per heavy atom. The van der Waals surface area contributed by atoms with Crippen molar-refractivity contribution in [2.45, 2.75) is 0 Å². The first-order valence-corrected chi connectivity index (χ1v) is 6.56. The molecular formula is C14H8BrN3O2. The van der Waals surface area contributed by atoms with E-state index in [4.69, 9.17) is 5.11 Å². The van der Waals surface area contributed by atoms with Crippen LogP contribution in [-0.4, -0.2) is 26.0 Å². The Bertz CT molecular complexity index is 806. The normalized spacial score (nSPS) is 10.7. The standard InChI is InChI=1S/C14H8BrN3O2/c15-8-4-5-10-9(7-8)12(11-3-1-2-6-16-11)18-13(17-10)14(19)20/h1-7H,(H,19,20). The highest BCUT2D eigenvalue weighted by Crippen LogP contribution is 2.27. The van der Waals surface area contributed by atoms with Crippen LogP contribution < -0.4 is 0 Å². The third kappa shape index (κ3) is 2.25. The number of fused-ring (bicyclic) bond motifs is 1. The molecule has 2 aromatic heterocycles. The summed E-state index contributed by atoms with van der Waals surface area (Å²) >= 11 is 3.39. The molecule has 0 aliphatic carbocycles. The zero-order valence-corrected chi connectivity index (χ0v) is 11.7. The maximum atomic E-state index is 11.1. The first-order chi connectivity index (χ1) is 9.65. The largest absolute Gasteiger partial charge is 0.475 e. The van der Waals surface area contributed by atoms with Crippen LogP contribution in [0, 0.1) is 0 Å². The van der Waals surface area contributed by atoms with Gasteiger partial charge in [-0.2, -0.15) is 0 Å². The zero-order chi connectivity index (χ0) is 14.1. The van der Waals surface area contributed by atoms with E-state index in [0.29, 0.717) is 16.9 Å². The highest BCUT2D eigenvalue weighted by Gasteiger charge is 2.14. The molecule has 0 amide bonds. The second-order valence-corrected chi connectivity index (χ2v) is 4.99. The minimum Gasteiger partial charge on any atom is -0.475 e. The van der Waals surface area contributed by atoms with Crippen molar-refractivity contribution >= 4 is 32.8 Å². The highest BCUT2D eigenvalue weighted by atomic mass is 79.9. The predicted molar refractivity (Wildman–Crippen MR) is 77.4 cm³/mol. The summed E-state index contributed by atoms with van der Waals surface area (Å²) in [6.07, 6.45) is 1.64. The molecule has 20 heavy (non-hydrogen) atoms. The third-order valence-electron chi connectivity index (χ3n) is 2.76. The van der Waals surface area contributed by atoms with Gasteiger partial charge in [0.25, 0.3) is 0 Å². The second kappa shape index (κ2) is 4.97. The Balaban J connectivity index is 2.38. The molecule has 0 saturated heterocycles. The highest BCUT2D eigenvalue weighted by molar-refractivity contribution is 9.10. The Kier molecular flexibility index (Phi) is 3.15. The Morgan fingerprint density at radius 1 is 1.15 bits per heavy atom. The average molecular weight is 330 g/mol. The number of carbonyl (C=O) groups is 1. The van der Waals surface area contributed by atoms with Crippen LogP contribution in [0.1, 0.15) is 10.6 Å². The average Bonchev–Trinajstić information content (AvgIpc) is 2.47. The number of pyridine rings is 1. The van der Waals surface area contributed by atoms with Crippen molar-refractivity contribution in [1.29, 1.82) is 0 Å². The summed E-state index contributed by atoms with van der Waals surface area (Å²) in [6.45, 7) is 0. The fraction of sp³-hybridized carbons (Fsp3) is 0. The Hall–Kier alpha value is -2.34. The Morgan fingerprint density at radius 2 is 2.00 bits per heavy atom. The van der Waals surface area contributed by atoms with Crippen LogP contribution in [0.15, 0.2) is 47.1 Å². The van der Waals surface area contributed by atoms with Gasteiger partial charge in [0.1, 0.15) is 5.69 Å². The first kappa shape index (κ1) is 12.7. The summed E-state index contributed by atoms with van der Waals surface area (Å²) in [5, 5.41) is 9.87. The summed E-state index contributed by atoms with van der Waals surface area (Å²) in [5.41, 5.74) is 1.69. The van der Waals surface area contributed by atoms with Gasteiger partial charge >= 0.3 is 5.97 Å². The van der Waals surface area contributed by atoms with Gasteiger partial charge in [0.15, 0.2) is 0 Å². The van der Waals surface area contributed by atoms with E-state index in [1.807, 2.05) is 18.2 Å². The number of hydrogen-bond donors (Lipinski definition) is 1. The topological polar surface area (TPSA) is 76.0 Å². The maximum Gasteiger partial charge on any atom is 0.373 e. The third-order valence-corrected chi connectivity index (χ3v) is 3.25. The van der Waals surface area contributed by atoms with Crippen LogP contribution in [0.25, 0.3) is 22.3 Å². The minimum absolute atomic E-state index is 0.236. The molecule has 3 rings (SSSR count). The first-order valence-electron chi connectivity index (χ1n) is 5.77. The predicted octanol–water partition coefficient (Wildman–Crippen LogP) is 3.15. The number of nitrogens with zero attached hydrogens (tertiary/aromatic N) is 3. The molecule has 0 atom stereocenters. The molecule has 98 valence electrons. The van der Waals surface area contributed by atoms with Crippen molar-refractivity contribution in [1.82, 2.24) is 15.0 Å². The van der Waals surface area contributed by atoms with E-state index in [0.717, 1.165) is 9.86 Å². The van der Waals surface area contributed by atoms with E-state index >= 15 is 0 Å². The molecule has 0 aliphatic rings. The van der Waals surface area contributed by atoms with E-state index < -0.39 is 5.97 Å². The van der Waals surface area contributed by atoms with E-state index in [2.05, 4.69) is 30.9 Å². The SMILES string of the molecule is O=C(O)c1nc(-c2ccccn2)c2cc(Br)ccc2n1. The van der Waals surface area contributed by atoms with Gasteiger partial charge < -0.3 is 5.11 Å². The van der Waals surface area contributed by atoms with Gasteiger partial charge in [-0.25, -0.2) is 14.8 Å². The molecule has 0 radical (unpaired) electrons. The van der Waals surface area contributed by atoms with Gasteiger partial charge in [0.05, 0.1) is 11.2 Å². The molecule has 6 heteroatoms. The van der Waals surface area contributed by atoms with Crippen LogP contribution in [-0.2, 0) is 0 Å². The number of rotatable bonds is 2. The molecule has 0 fully saturated rings. The molecule has 0 aliphatic heterocycles. The molecule has 3 aromatic rings. The molecule has 0 bridgehead atoms. The van der Waals surface area contributed by atoms with Crippen molar-refractivity contribution in [3.63, 3.8) is 0 Å². The Labute approximate surface area is 122 Å². The van der Waals surface area contributed by atoms with Gasteiger partial charge in [-0.1, -0.05) is 22.0 Å². The monoisotopic (exact) mass is 329 g/mol. The van der Waals surface area contributed by atoms with E-state index in [1.54, 1.807) is 24.4 Å². The van der Waals surface area contributed by atoms with Crippen molar-refractivity contribution in [3.05, 3.63) is 52.9 Å². The smallest absolute Gasteiger partial charge is 0.373 e. The van der Waals surface area contributed by atoms with Crippen molar-refractivity contribution in [2.75, 3.05) is 0 Å². The fourth-order valence-electron chi connectivity index (χ4n) is 1.89. The number of carboxylic acid groups (broad SMARTS) is 1. The quantitative estimate of drug-likeness (QED) is 0.781. The fourth-order valence-corrected chi connectivity index (χ4v) is 2.26. The lowest BCUT2D eigenvalue weighted by Gasteiger charge is -2.06. The summed E-state index contributed by atoms with van der Waals surface area (Å²) < 4.78 is 0.869. The van der Waals surface area contributed by atoms with Gasteiger partial charge in [-0.3, -0.25) is 4.98 Å². The van der Waals surface area contributed by atoms with Crippen LogP contribution in [0.3, 0.4) is 0 Å². The van der Waals surface area contributed by atoms with Crippen LogP contribution in [0.2, 0.25) is 0 Å². The lowest BCUT2D eigenvalue weighted by Crippen LogP contribution is -2.06. The van der Waals surface area contributed by atoms with Crippen molar-refractivity contribution in [3.8, 4) is 11.4 Å². The number of carboxylic acids is 1. The molecule has 2 heterocycles. The van der Waals surface area contributed by atoms with Crippen LogP contribution >= 0.6 is 15.9 Å². The van der Waals surface area contributed by atoms with E-state index in [9.17, 15) is 4.79 Å². The summed E-state index contributed by atoms with van der Waals surface area (Å²) in [6, 6.07) is 10.8. The molecule has 5 nitrogen and oxygen atoms in total. The number of benzene rings is 1. The van der Waals surface area contributed by atoms with E-state index in [-0.39, 0.29) is 5.82 Å². The van der Waals surface area contributed by atoms with Gasteiger partial charge in [-0.15, -0.1) is 0 Å². The van der Waals surface area contributed by atoms with Crippen molar-refractivity contribution < 1.29 is 9.90 Å². The van der Waals surface area contributed by atoms with Crippen molar-refractivity contribution in [2.24, 2.45) is 0 Å². The lowest BCUT2D eigenvalue weighted by atomic mass is 10.1. The molecular weight excluding hydrogens is 322 g/mol. The zero-order valence-electron chi connectivity index (χ0n) is 10.1. The number of aromatic carboxylic acids is 1. The number of aromatic nitrogens is 3. The van der Waals surface area contributed by atoms with Gasteiger partial charge in [-0.05, 0) is 30.3 Å². The van der Waals surface area contributed by atoms with Crippen LogP contribution in [0.4, 0.5) is 0 Å². The molecule has 1 aromatic carbocycles. The number of hydrogen-bond acceptors (Lipinski definition) is 4. The molecule has 0 spiro atoms. The molecule has 0 unspecified atom stereocenters. The van der Waals surface area contributed by atoms with E-state index in [1.165, 1.54) is 0 Å².